The van der Waals surface area contributed by atoms with Gasteiger partial charge in [0.25, 0.3) is 5.91 Å². The Balaban J connectivity index is 1.45. The first-order valence-corrected chi connectivity index (χ1v) is 10.6. The number of anilines is 1. The van der Waals surface area contributed by atoms with Crippen LogP contribution in [0.5, 0.6) is 11.5 Å². The van der Waals surface area contributed by atoms with Crippen LogP contribution in [0.1, 0.15) is 27.4 Å². The van der Waals surface area contributed by atoms with Crippen molar-refractivity contribution in [3.05, 3.63) is 76.2 Å². The van der Waals surface area contributed by atoms with Gasteiger partial charge in [0.2, 0.25) is 0 Å². The summed E-state index contributed by atoms with van der Waals surface area (Å²) in [7, 11) is 1.51. The topological polar surface area (TPSA) is 86.5 Å². The molecule has 0 saturated heterocycles. The van der Waals surface area contributed by atoms with E-state index < -0.39 is 0 Å². The summed E-state index contributed by atoms with van der Waals surface area (Å²) in [6.07, 6.45) is 0. The molecule has 9 heteroatoms. The number of hydrogen-bond acceptors (Lipinski definition) is 7. The fraction of sp³-hybridized carbons (Fsp3) is 0.174. The molecule has 2 heterocycles. The number of carbonyl (C=O) groups is 1. The number of amides is 1. The monoisotopic (exact) mass is 453 g/mol. The van der Waals surface area contributed by atoms with E-state index in [9.17, 15) is 9.18 Å². The number of rotatable bonds is 7. The van der Waals surface area contributed by atoms with E-state index in [2.05, 4.69) is 15.5 Å². The molecule has 0 spiro atoms. The van der Waals surface area contributed by atoms with Crippen LogP contribution in [0, 0.1) is 19.7 Å². The summed E-state index contributed by atoms with van der Waals surface area (Å²) in [4.78, 5) is 17.1. The van der Waals surface area contributed by atoms with Crippen molar-refractivity contribution in [2.75, 3.05) is 12.4 Å². The lowest BCUT2D eigenvalue weighted by Gasteiger charge is -2.12. The number of nitrogens with one attached hydrogen (secondary N) is 1. The van der Waals surface area contributed by atoms with E-state index in [1.165, 1.54) is 30.6 Å². The molecule has 0 aliphatic rings. The minimum absolute atomic E-state index is 0.272. The number of aryl methyl sites for hydroxylation is 2. The predicted octanol–water partition coefficient (Wildman–Crippen LogP) is 5.39. The smallest absolute Gasteiger partial charge is 0.257 e. The summed E-state index contributed by atoms with van der Waals surface area (Å²) in [5, 5.41) is 8.93. The molecule has 4 aromatic rings. The summed E-state index contributed by atoms with van der Waals surface area (Å²) < 4.78 is 29.5. The van der Waals surface area contributed by atoms with Gasteiger partial charge < -0.3 is 14.0 Å². The maximum Gasteiger partial charge on any atom is 0.257 e. The summed E-state index contributed by atoms with van der Waals surface area (Å²) in [5.41, 5.74) is 3.45. The molecule has 4 rings (SSSR count). The van der Waals surface area contributed by atoms with Gasteiger partial charge in [0, 0.05) is 16.5 Å². The molecule has 0 radical (unpaired) electrons. The Labute approximate surface area is 187 Å². The number of thiazole rings is 1. The van der Waals surface area contributed by atoms with E-state index in [1.54, 1.807) is 35.7 Å². The zero-order chi connectivity index (χ0) is 22.7. The quantitative estimate of drug-likeness (QED) is 0.404. The van der Waals surface area contributed by atoms with Crippen LogP contribution in [0.3, 0.4) is 0 Å². The van der Waals surface area contributed by atoms with Crippen LogP contribution in [0.2, 0.25) is 0 Å². The molecule has 0 saturated carbocycles. The molecule has 1 amide bonds. The number of methoxy groups -OCH3 is 1. The fourth-order valence-electron chi connectivity index (χ4n) is 3.04. The van der Waals surface area contributed by atoms with Gasteiger partial charge in [-0.2, -0.15) is 0 Å². The fourth-order valence-corrected chi connectivity index (χ4v) is 3.75. The number of carbonyl (C=O) groups excluding carboxylic acids is 1. The Kier molecular flexibility index (Phi) is 6.18. The van der Waals surface area contributed by atoms with E-state index in [-0.39, 0.29) is 18.3 Å². The average Bonchev–Trinajstić information content (AvgIpc) is 3.39. The van der Waals surface area contributed by atoms with Gasteiger partial charge >= 0.3 is 0 Å². The number of benzene rings is 2. The second-order valence-electron chi connectivity index (χ2n) is 6.96. The molecule has 0 bridgehead atoms. The largest absolute Gasteiger partial charge is 0.493 e. The van der Waals surface area contributed by atoms with Gasteiger partial charge in [0.15, 0.2) is 16.6 Å². The van der Waals surface area contributed by atoms with Crippen molar-refractivity contribution in [1.29, 1.82) is 0 Å². The van der Waals surface area contributed by atoms with Crippen LogP contribution in [-0.2, 0) is 6.61 Å². The minimum Gasteiger partial charge on any atom is -0.493 e. The van der Waals surface area contributed by atoms with Crippen molar-refractivity contribution in [2.24, 2.45) is 0 Å². The van der Waals surface area contributed by atoms with E-state index in [0.717, 1.165) is 16.8 Å². The van der Waals surface area contributed by atoms with Gasteiger partial charge in [-0.3, -0.25) is 10.1 Å². The minimum atomic E-state index is -0.333. The summed E-state index contributed by atoms with van der Waals surface area (Å²) in [6.45, 7) is 3.94. The molecule has 0 atom stereocenters. The molecule has 2 aromatic heterocycles. The highest BCUT2D eigenvalue weighted by molar-refractivity contribution is 7.14. The highest BCUT2D eigenvalue weighted by Gasteiger charge is 2.15. The van der Waals surface area contributed by atoms with Gasteiger partial charge in [-0.15, -0.1) is 11.3 Å². The van der Waals surface area contributed by atoms with Crippen LogP contribution >= 0.6 is 11.3 Å². The number of hydrogen-bond donors (Lipinski definition) is 1. The molecular formula is C23H20FN3O4S. The zero-order valence-corrected chi connectivity index (χ0v) is 18.5. The van der Waals surface area contributed by atoms with E-state index in [4.69, 9.17) is 14.0 Å². The standard InChI is InChI=1S/C23H20FN3O4S/c1-13-18(14(2)31-27-13)11-30-20-9-6-16(10-21(20)29-3)22(28)26-23-25-19(12-32-23)15-4-7-17(24)8-5-15/h4-10,12H,11H2,1-3H3,(H,25,26,28). The van der Waals surface area contributed by atoms with Crippen LogP contribution in [0.25, 0.3) is 11.3 Å². The molecule has 7 nitrogen and oxygen atoms in total. The Morgan fingerprint density at radius 3 is 2.62 bits per heavy atom. The maximum absolute atomic E-state index is 13.1. The first kappa shape index (κ1) is 21.5. The SMILES string of the molecule is COc1cc(C(=O)Nc2nc(-c3ccc(F)cc3)cs2)ccc1OCc1c(C)noc1C. The highest BCUT2D eigenvalue weighted by Crippen LogP contribution is 2.30. The third-order valence-electron chi connectivity index (χ3n) is 4.84. The first-order chi connectivity index (χ1) is 15.4. The lowest BCUT2D eigenvalue weighted by molar-refractivity contribution is 0.102. The Hall–Kier alpha value is -3.72. The number of nitrogens with zero attached hydrogens (tertiary/aromatic N) is 2. The molecule has 1 N–H and O–H groups in total. The number of ether oxygens (including phenoxy) is 2. The molecule has 32 heavy (non-hydrogen) atoms. The predicted molar refractivity (Wildman–Crippen MR) is 119 cm³/mol. The normalized spacial score (nSPS) is 10.8. The van der Waals surface area contributed by atoms with Gasteiger partial charge in [0.05, 0.1) is 24.1 Å². The average molecular weight is 453 g/mol. The molecular weight excluding hydrogens is 433 g/mol. The third-order valence-corrected chi connectivity index (χ3v) is 5.60. The molecule has 2 aromatic carbocycles. The summed E-state index contributed by atoms with van der Waals surface area (Å²) in [6, 6.07) is 11.0. The van der Waals surface area contributed by atoms with E-state index >= 15 is 0 Å². The lowest BCUT2D eigenvalue weighted by atomic mass is 10.2. The van der Waals surface area contributed by atoms with Crippen molar-refractivity contribution in [2.45, 2.75) is 20.5 Å². The summed E-state index contributed by atoms with van der Waals surface area (Å²) in [5.74, 6) is 0.972. The first-order valence-electron chi connectivity index (χ1n) is 9.70. The molecule has 0 fully saturated rings. The van der Waals surface area contributed by atoms with Crippen LogP contribution in [0.4, 0.5) is 9.52 Å². The second-order valence-corrected chi connectivity index (χ2v) is 7.81. The second kappa shape index (κ2) is 9.19. The highest BCUT2D eigenvalue weighted by atomic mass is 32.1. The molecule has 0 aliphatic heterocycles. The molecule has 0 aliphatic carbocycles. The lowest BCUT2D eigenvalue weighted by Crippen LogP contribution is -2.12. The summed E-state index contributed by atoms with van der Waals surface area (Å²) >= 11 is 1.29. The third kappa shape index (κ3) is 4.62. The van der Waals surface area contributed by atoms with Gasteiger partial charge in [-0.25, -0.2) is 9.37 Å². The van der Waals surface area contributed by atoms with Gasteiger partial charge in [0.1, 0.15) is 18.2 Å². The van der Waals surface area contributed by atoms with E-state index in [0.29, 0.717) is 33.6 Å². The maximum atomic E-state index is 13.1. The van der Waals surface area contributed by atoms with Crippen molar-refractivity contribution in [3.63, 3.8) is 0 Å². The zero-order valence-electron chi connectivity index (χ0n) is 17.6. The molecule has 0 unspecified atom stereocenters. The Bertz CT molecular complexity index is 1230. The Morgan fingerprint density at radius 2 is 1.94 bits per heavy atom. The van der Waals surface area contributed by atoms with Crippen LogP contribution < -0.4 is 14.8 Å². The Morgan fingerprint density at radius 1 is 1.16 bits per heavy atom. The van der Waals surface area contributed by atoms with Gasteiger partial charge in [-0.1, -0.05) is 5.16 Å². The van der Waals surface area contributed by atoms with Crippen molar-refractivity contribution in [1.82, 2.24) is 10.1 Å². The van der Waals surface area contributed by atoms with Crippen LogP contribution in [0.15, 0.2) is 52.4 Å². The van der Waals surface area contributed by atoms with Crippen molar-refractivity contribution >= 4 is 22.4 Å². The molecule has 164 valence electrons. The number of aromatic nitrogens is 2. The van der Waals surface area contributed by atoms with Crippen molar-refractivity contribution in [3.8, 4) is 22.8 Å². The number of halogens is 1. The van der Waals surface area contributed by atoms with Crippen molar-refractivity contribution < 1.29 is 23.2 Å². The van der Waals surface area contributed by atoms with E-state index in [1.807, 2.05) is 13.8 Å². The van der Waals surface area contributed by atoms with Gasteiger partial charge in [-0.05, 0) is 56.3 Å². The van der Waals surface area contributed by atoms with Crippen LogP contribution in [-0.4, -0.2) is 23.2 Å².